The Balaban J connectivity index is 2.14. The van der Waals surface area contributed by atoms with E-state index in [1.165, 1.54) is 0 Å². The number of phenols is 1. The Hall–Kier alpha value is -1.61. The normalized spacial score (nSPS) is 19.4. The fraction of sp³-hybridized carbons (Fsp3) is 0.400. The molecule has 0 radical (unpaired) electrons. The zero-order chi connectivity index (χ0) is 13.0. The summed E-state index contributed by atoms with van der Waals surface area (Å²) in [6.45, 7) is 4.81. The molecule has 2 rings (SSSR count). The van der Waals surface area contributed by atoms with Gasteiger partial charge in [0, 0.05) is 25.1 Å². The molecule has 0 saturated carbocycles. The fourth-order valence-corrected chi connectivity index (χ4v) is 2.23. The van der Waals surface area contributed by atoms with Crippen molar-refractivity contribution in [2.75, 3.05) is 19.6 Å². The van der Waals surface area contributed by atoms with E-state index in [1.54, 1.807) is 12.1 Å². The first-order valence-corrected chi connectivity index (χ1v) is 6.44. The first kappa shape index (κ1) is 12.8. The molecule has 1 fully saturated rings. The van der Waals surface area contributed by atoms with Gasteiger partial charge in [-0.15, -0.1) is 0 Å². The number of benzene rings is 1. The number of aromatic hydroxyl groups is 1. The van der Waals surface area contributed by atoms with Crippen molar-refractivity contribution < 1.29 is 9.90 Å². The lowest BCUT2D eigenvalue weighted by molar-refractivity contribution is -0.117. The highest BCUT2D eigenvalue weighted by Gasteiger charge is 2.20. The third kappa shape index (κ3) is 3.20. The van der Waals surface area contributed by atoms with Crippen molar-refractivity contribution >= 4 is 11.9 Å². The molecule has 0 spiro atoms. The van der Waals surface area contributed by atoms with Gasteiger partial charge in [0.2, 0.25) is 0 Å². The van der Waals surface area contributed by atoms with Crippen molar-refractivity contribution in [3.8, 4) is 5.75 Å². The molecule has 3 nitrogen and oxygen atoms in total. The summed E-state index contributed by atoms with van der Waals surface area (Å²) in [6, 6.07) is 6.94. The average molecular weight is 245 g/mol. The van der Waals surface area contributed by atoms with Gasteiger partial charge in [0.05, 0.1) is 0 Å². The van der Waals surface area contributed by atoms with E-state index in [2.05, 4.69) is 11.8 Å². The van der Waals surface area contributed by atoms with E-state index in [0.717, 1.165) is 37.2 Å². The quantitative estimate of drug-likeness (QED) is 0.832. The molecule has 96 valence electrons. The van der Waals surface area contributed by atoms with E-state index in [9.17, 15) is 9.90 Å². The van der Waals surface area contributed by atoms with Crippen molar-refractivity contribution in [3.63, 3.8) is 0 Å². The van der Waals surface area contributed by atoms with E-state index in [4.69, 9.17) is 0 Å². The van der Waals surface area contributed by atoms with E-state index >= 15 is 0 Å². The summed E-state index contributed by atoms with van der Waals surface area (Å²) in [5.41, 5.74) is 1.84. The summed E-state index contributed by atoms with van der Waals surface area (Å²) >= 11 is 0. The van der Waals surface area contributed by atoms with Crippen LogP contribution < -0.4 is 0 Å². The van der Waals surface area contributed by atoms with Crippen molar-refractivity contribution in [2.24, 2.45) is 0 Å². The molecule has 0 bridgehead atoms. The largest absolute Gasteiger partial charge is 0.508 e. The number of likely N-dealkylation sites (tertiary alicyclic amines) is 1. The third-order valence-corrected chi connectivity index (χ3v) is 3.18. The minimum atomic E-state index is 0.246. The Morgan fingerprint density at radius 2 is 2.06 bits per heavy atom. The predicted molar refractivity (Wildman–Crippen MR) is 72.4 cm³/mol. The lowest BCUT2D eigenvalue weighted by atomic mass is 10.00. The Morgan fingerprint density at radius 3 is 2.72 bits per heavy atom. The highest BCUT2D eigenvalue weighted by Crippen LogP contribution is 2.17. The zero-order valence-electron chi connectivity index (χ0n) is 10.7. The molecule has 0 atom stereocenters. The number of hydrogen-bond donors (Lipinski definition) is 1. The molecular formula is C15H19NO2. The number of carbonyl (C=O) groups excluding carboxylic acids is 1. The van der Waals surface area contributed by atoms with Crippen LogP contribution in [0.5, 0.6) is 5.75 Å². The maximum absolute atomic E-state index is 11.9. The van der Waals surface area contributed by atoms with Crippen LogP contribution in [-0.4, -0.2) is 35.4 Å². The topological polar surface area (TPSA) is 40.5 Å². The van der Waals surface area contributed by atoms with Crippen LogP contribution in [0.3, 0.4) is 0 Å². The van der Waals surface area contributed by atoms with Gasteiger partial charge in [0.25, 0.3) is 0 Å². The van der Waals surface area contributed by atoms with Crippen LogP contribution >= 0.6 is 0 Å². The van der Waals surface area contributed by atoms with E-state index in [-0.39, 0.29) is 11.5 Å². The van der Waals surface area contributed by atoms with Crippen LogP contribution in [0, 0.1) is 0 Å². The summed E-state index contributed by atoms with van der Waals surface area (Å²) in [7, 11) is 0. The molecule has 0 unspecified atom stereocenters. The molecule has 1 aliphatic rings. The van der Waals surface area contributed by atoms with Gasteiger partial charge in [0.15, 0.2) is 5.78 Å². The molecule has 0 aliphatic carbocycles. The molecule has 1 saturated heterocycles. The highest BCUT2D eigenvalue weighted by atomic mass is 16.3. The molecule has 1 heterocycles. The minimum Gasteiger partial charge on any atom is -0.508 e. The fourth-order valence-electron chi connectivity index (χ4n) is 2.23. The third-order valence-electron chi connectivity index (χ3n) is 3.18. The van der Waals surface area contributed by atoms with Gasteiger partial charge in [-0.25, -0.2) is 0 Å². The average Bonchev–Trinajstić information content (AvgIpc) is 2.36. The zero-order valence-corrected chi connectivity index (χ0v) is 10.7. The van der Waals surface area contributed by atoms with Gasteiger partial charge >= 0.3 is 0 Å². The molecule has 1 aromatic carbocycles. The first-order valence-electron chi connectivity index (χ1n) is 6.44. The summed E-state index contributed by atoms with van der Waals surface area (Å²) < 4.78 is 0. The van der Waals surface area contributed by atoms with Crippen LogP contribution in [-0.2, 0) is 4.79 Å². The summed E-state index contributed by atoms with van der Waals surface area (Å²) in [5, 5.41) is 9.23. The smallest absolute Gasteiger partial charge is 0.161 e. The number of piperidine rings is 1. The number of phenolic OH excluding ortho intramolecular Hbond substituents is 1. The predicted octanol–water partition coefficient (Wildman–Crippen LogP) is 2.46. The number of carbonyl (C=O) groups is 1. The standard InChI is InChI=1S/C15H19NO2/c1-2-8-16-9-7-15(18)13(11-16)10-12-3-5-14(17)6-4-12/h3-6,10,17H,2,7-9,11H2,1H3/b13-10+. The second-order valence-corrected chi connectivity index (χ2v) is 4.71. The molecule has 1 N–H and O–H groups in total. The Bertz CT molecular complexity index is 448. The molecule has 1 aliphatic heterocycles. The number of Topliss-reactive ketones (excluding diaryl/α,β-unsaturated/α-hetero) is 1. The molecule has 18 heavy (non-hydrogen) atoms. The summed E-state index contributed by atoms with van der Waals surface area (Å²) in [5.74, 6) is 0.496. The van der Waals surface area contributed by atoms with Gasteiger partial charge in [-0.1, -0.05) is 19.1 Å². The Morgan fingerprint density at radius 1 is 1.33 bits per heavy atom. The van der Waals surface area contributed by atoms with E-state index < -0.39 is 0 Å². The van der Waals surface area contributed by atoms with Crippen LogP contribution in [0.25, 0.3) is 6.08 Å². The number of nitrogens with zero attached hydrogens (tertiary/aromatic N) is 1. The van der Waals surface area contributed by atoms with Gasteiger partial charge in [-0.05, 0) is 36.7 Å². The molecule has 1 aromatic rings. The van der Waals surface area contributed by atoms with Crippen LogP contribution in [0.4, 0.5) is 0 Å². The monoisotopic (exact) mass is 245 g/mol. The van der Waals surface area contributed by atoms with Gasteiger partial charge < -0.3 is 5.11 Å². The maximum atomic E-state index is 11.9. The van der Waals surface area contributed by atoms with Crippen molar-refractivity contribution in [1.82, 2.24) is 4.90 Å². The number of hydrogen-bond acceptors (Lipinski definition) is 3. The SMILES string of the molecule is CCCN1CCC(=O)/C(=C/c2ccc(O)cc2)C1. The van der Waals surface area contributed by atoms with E-state index in [1.807, 2.05) is 18.2 Å². The number of rotatable bonds is 3. The lowest BCUT2D eigenvalue weighted by Crippen LogP contribution is -2.36. The maximum Gasteiger partial charge on any atom is 0.161 e. The van der Waals surface area contributed by atoms with Crippen LogP contribution in [0.1, 0.15) is 25.3 Å². The molecular weight excluding hydrogens is 226 g/mol. The van der Waals surface area contributed by atoms with Crippen LogP contribution in [0.15, 0.2) is 29.8 Å². The second-order valence-electron chi connectivity index (χ2n) is 4.71. The van der Waals surface area contributed by atoms with Crippen molar-refractivity contribution in [2.45, 2.75) is 19.8 Å². The molecule has 3 heteroatoms. The van der Waals surface area contributed by atoms with Gasteiger partial charge in [0.1, 0.15) is 5.75 Å². The first-order chi connectivity index (χ1) is 8.69. The summed E-state index contributed by atoms with van der Waals surface area (Å²) in [4.78, 5) is 14.2. The Kier molecular flexibility index (Phi) is 4.15. The highest BCUT2D eigenvalue weighted by molar-refractivity contribution is 6.00. The van der Waals surface area contributed by atoms with Gasteiger partial charge in [-0.2, -0.15) is 0 Å². The second kappa shape index (κ2) is 5.83. The molecule has 0 aromatic heterocycles. The van der Waals surface area contributed by atoms with Crippen LogP contribution in [0.2, 0.25) is 0 Å². The Labute approximate surface area is 108 Å². The summed E-state index contributed by atoms with van der Waals surface area (Å²) in [6.07, 6.45) is 3.66. The van der Waals surface area contributed by atoms with Crippen molar-refractivity contribution in [1.29, 1.82) is 0 Å². The lowest BCUT2D eigenvalue weighted by Gasteiger charge is -2.27. The minimum absolute atomic E-state index is 0.246. The van der Waals surface area contributed by atoms with Crippen molar-refractivity contribution in [3.05, 3.63) is 35.4 Å². The molecule has 0 amide bonds. The number of ketones is 1. The van der Waals surface area contributed by atoms with Gasteiger partial charge in [-0.3, -0.25) is 9.69 Å². The van der Waals surface area contributed by atoms with E-state index in [0.29, 0.717) is 6.42 Å².